The molecule has 0 aromatic rings. The Morgan fingerprint density at radius 3 is 1.20 bits per heavy atom. The Balaban J connectivity index is -0.00000000167. The first kappa shape index (κ1) is 24.4. The van der Waals surface area contributed by atoms with Crippen molar-refractivity contribution in [2.45, 2.75) is 0 Å². The van der Waals surface area contributed by atoms with Crippen molar-refractivity contribution in [2.24, 2.45) is 0 Å². The van der Waals surface area contributed by atoms with Crippen molar-refractivity contribution in [3.63, 3.8) is 0 Å². The summed E-state index contributed by atoms with van der Waals surface area (Å²) in [5.41, 5.74) is 0. The van der Waals surface area contributed by atoms with Crippen LogP contribution >= 0.6 is 10.6 Å². The molecule has 0 aromatic carbocycles. The molecule has 0 nitrogen and oxygen atoms in total. The van der Waals surface area contributed by atoms with Crippen molar-refractivity contribution < 1.29 is 44.4 Å². The van der Waals surface area contributed by atoms with Crippen LogP contribution < -0.4 is 0 Å². The minimum absolute atomic E-state index is 0. The summed E-state index contributed by atoms with van der Waals surface area (Å²) in [5.74, 6) is 0. The summed E-state index contributed by atoms with van der Waals surface area (Å²) in [5, 5.41) is 0. The molecule has 1 radical (unpaired) electrons. The molecule has 0 amide bonds. The van der Waals surface area contributed by atoms with E-state index in [1.165, 1.54) is 0 Å². The van der Waals surface area contributed by atoms with E-state index in [2.05, 4.69) is 24.9 Å². The van der Waals surface area contributed by atoms with Gasteiger partial charge in [-0.15, -0.1) is 0 Å². The van der Waals surface area contributed by atoms with Crippen LogP contribution in [0.25, 0.3) is 0 Å². The fourth-order valence-corrected chi connectivity index (χ4v) is 0. The van der Waals surface area contributed by atoms with Gasteiger partial charge in [-0.25, -0.2) is 0 Å². The van der Waals surface area contributed by atoms with E-state index in [0.29, 0.717) is 0 Å². The van der Waals surface area contributed by atoms with Gasteiger partial charge in [-0.05, 0) is 0 Å². The molecule has 0 unspecified atom stereocenters. The SMILES string of the molecule is S=[Se].[Cd].[Cu].[InH3]. The van der Waals surface area contributed by atoms with Gasteiger partial charge in [0.25, 0.3) is 0 Å². The third-order valence-corrected chi connectivity index (χ3v) is 0. The van der Waals surface area contributed by atoms with Gasteiger partial charge >= 0.3 is 50.8 Å². The molecule has 0 saturated carbocycles. The van der Waals surface area contributed by atoms with Crippen molar-refractivity contribution in [1.29, 1.82) is 0 Å². The fraction of sp³-hybridized carbons (Fsp3) is 0. The molecule has 0 aliphatic heterocycles. The van der Waals surface area contributed by atoms with E-state index in [0.717, 1.165) is 0 Å². The van der Waals surface area contributed by atoms with Crippen LogP contribution in [-0.4, -0.2) is 40.2 Å². The predicted molar refractivity (Wildman–Crippen MR) is 23.3 cm³/mol. The Morgan fingerprint density at radius 2 is 1.20 bits per heavy atom. The molecule has 0 saturated heterocycles. The molecule has 0 aliphatic carbocycles. The molecule has 5 heavy (non-hydrogen) atoms. The third kappa shape index (κ3) is 19.3. The molecule has 0 spiro atoms. The predicted octanol–water partition coefficient (Wildman–Crippen LogP) is -0.921. The molecular weight excluding hydrogens is 402 g/mol. The Kier molecular flexibility index (Phi) is 135. The number of hydrogen-bond donors (Lipinski definition) is 0. The van der Waals surface area contributed by atoms with Crippen LogP contribution in [0.2, 0.25) is 0 Å². The third-order valence-electron chi connectivity index (χ3n) is 0. The van der Waals surface area contributed by atoms with Gasteiger partial charge in [-0.2, -0.15) is 0 Å². The Bertz CT molecular complexity index is 11.6. The van der Waals surface area contributed by atoms with E-state index >= 15 is 0 Å². The van der Waals surface area contributed by atoms with Gasteiger partial charge in [-0.3, -0.25) is 0 Å². The van der Waals surface area contributed by atoms with Gasteiger partial charge in [0.15, 0.2) is 0 Å². The van der Waals surface area contributed by atoms with Crippen LogP contribution in [0.1, 0.15) is 0 Å². The van der Waals surface area contributed by atoms with Crippen molar-refractivity contribution in [2.75, 3.05) is 0 Å². The van der Waals surface area contributed by atoms with Gasteiger partial charge in [0.1, 0.15) is 0 Å². The van der Waals surface area contributed by atoms with Crippen LogP contribution in [0.4, 0.5) is 0 Å². The molecule has 0 heterocycles. The van der Waals surface area contributed by atoms with Crippen molar-refractivity contribution in [1.82, 2.24) is 0 Å². The van der Waals surface area contributed by atoms with Gasteiger partial charge < -0.3 is 0 Å². The average Bonchev–Trinajstić information content (AvgIpc) is 1.00. The Hall–Kier alpha value is 3.05. The van der Waals surface area contributed by atoms with Gasteiger partial charge in [-0.1, -0.05) is 0 Å². The molecule has 0 N–H and O–H groups in total. The first-order valence-electron chi connectivity index (χ1n) is 0.167. The maximum absolute atomic E-state index is 3.96. The van der Waals surface area contributed by atoms with E-state index in [1.807, 2.05) is 0 Å². The topological polar surface area (TPSA) is 0 Å². The number of hydrogen-bond acceptors (Lipinski definition) is 1. The zero-order valence-corrected chi connectivity index (χ0v) is 9.33. The van der Waals surface area contributed by atoms with Gasteiger partial charge in [0.2, 0.25) is 0 Å². The van der Waals surface area contributed by atoms with Crippen LogP contribution in [-0.2, 0) is 44.4 Å². The minimum atomic E-state index is 0. The van der Waals surface area contributed by atoms with Crippen molar-refractivity contribution in [3.8, 4) is 0 Å². The zero-order valence-electron chi connectivity index (χ0n) is 1.83. The molecule has 0 bridgehead atoms. The molecule has 0 rings (SSSR count). The zero-order chi connectivity index (χ0) is 2.00. The van der Waals surface area contributed by atoms with Gasteiger partial charge in [0.05, 0.1) is 0 Å². The summed E-state index contributed by atoms with van der Waals surface area (Å²) in [6, 6.07) is 0. The molecule has 0 aromatic heterocycles. The monoisotopic (exact) mass is 407 g/mol. The van der Waals surface area contributed by atoms with E-state index in [4.69, 9.17) is 0 Å². The van der Waals surface area contributed by atoms with Crippen LogP contribution in [0.15, 0.2) is 0 Å². The van der Waals surface area contributed by atoms with E-state index < -0.39 is 0 Å². The second-order valence-electron chi connectivity index (χ2n) is 0. The molecule has 5 heteroatoms. The quantitative estimate of drug-likeness (QED) is 0.471. The maximum atomic E-state index is 3.96. The van der Waals surface area contributed by atoms with E-state index in [-0.39, 0.29) is 70.2 Å². The second kappa shape index (κ2) is 27.7. The first-order valence-corrected chi connectivity index (χ1v) is 2.60. The van der Waals surface area contributed by atoms with Crippen molar-refractivity contribution in [3.05, 3.63) is 0 Å². The second-order valence-corrected chi connectivity index (χ2v) is 0. The Labute approximate surface area is 93.3 Å². The molecule has 31 valence electrons. The normalized spacial score (nSPS) is 0.800. The van der Waals surface area contributed by atoms with Crippen molar-refractivity contribution >= 4 is 50.8 Å². The summed E-state index contributed by atoms with van der Waals surface area (Å²) >= 11 is 2.21. The summed E-state index contributed by atoms with van der Waals surface area (Å²) < 4.78 is 0. The van der Waals surface area contributed by atoms with Crippen LogP contribution in [0.5, 0.6) is 0 Å². The van der Waals surface area contributed by atoms with E-state index in [9.17, 15) is 0 Å². The van der Waals surface area contributed by atoms with E-state index in [1.54, 1.807) is 0 Å². The molecule has 0 aliphatic rings. The molecular formula is H3CdCuInSSe. The average molecular weight is 405 g/mol. The standard InChI is InChI=1S/Cd.Cu.In.SSe.3H/c;;;1-2;;;. The Morgan fingerprint density at radius 1 is 1.20 bits per heavy atom. The molecule has 0 atom stereocenters. The summed E-state index contributed by atoms with van der Waals surface area (Å²) in [6.45, 7) is 0. The summed E-state index contributed by atoms with van der Waals surface area (Å²) in [7, 11) is 3.96. The molecule has 0 fully saturated rings. The summed E-state index contributed by atoms with van der Waals surface area (Å²) in [4.78, 5) is 0. The first-order chi connectivity index (χ1) is 1.00. The summed E-state index contributed by atoms with van der Waals surface area (Å²) in [6.07, 6.45) is 0. The number of rotatable bonds is 0. The fourth-order valence-electron chi connectivity index (χ4n) is 0. The van der Waals surface area contributed by atoms with Crippen LogP contribution in [0, 0.1) is 0 Å². The van der Waals surface area contributed by atoms with Crippen LogP contribution in [0.3, 0.4) is 0 Å². The van der Waals surface area contributed by atoms with Gasteiger partial charge in [0, 0.05) is 44.4 Å².